The molecule has 0 saturated heterocycles. The normalized spacial score (nSPS) is 12.9. The lowest BCUT2D eigenvalue weighted by molar-refractivity contribution is -0.139. The standard InChI is InChI=1S/C26H23FN2O5/c1-2-23(25(31)32)29-24(30)20-13-15(11-12-22(20)27)28-26(33)34-14-21-18-9-5-3-7-16(18)17-8-4-6-10-19(17)21/h3-13,21,23H,2,14H2,1H3,(H,28,33)(H,29,30)(H,31,32)/t23-/m0/s1. The molecule has 0 unspecified atom stereocenters. The van der Waals surface area contributed by atoms with Gasteiger partial charge in [-0.3, -0.25) is 10.1 Å². The van der Waals surface area contributed by atoms with Gasteiger partial charge in [0.25, 0.3) is 5.91 Å². The molecule has 4 rings (SSSR count). The maximum absolute atomic E-state index is 14.2. The Bertz CT molecular complexity index is 1210. The number of anilines is 1. The number of ether oxygens (including phenoxy) is 1. The molecule has 1 atom stereocenters. The second-order valence-electron chi connectivity index (χ2n) is 7.92. The zero-order chi connectivity index (χ0) is 24.2. The second-order valence-corrected chi connectivity index (χ2v) is 7.92. The van der Waals surface area contributed by atoms with E-state index in [1.165, 1.54) is 6.07 Å². The van der Waals surface area contributed by atoms with Crippen LogP contribution in [0, 0.1) is 5.82 Å². The van der Waals surface area contributed by atoms with Gasteiger partial charge in [0.2, 0.25) is 0 Å². The number of hydrogen-bond donors (Lipinski definition) is 3. The third-order valence-corrected chi connectivity index (χ3v) is 5.81. The highest BCUT2D eigenvalue weighted by atomic mass is 19.1. The Kier molecular flexibility index (Phi) is 6.58. The van der Waals surface area contributed by atoms with Crippen LogP contribution in [0.3, 0.4) is 0 Å². The van der Waals surface area contributed by atoms with Crippen molar-refractivity contribution >= 4 is 23.7 Å². The van der Waals surface area contributed by atoms with Crippen LogP contribution >= 0.6 is 0 Å². The number of carboxylic acid groups (broad SMARTS) is 1. The fourth-order valence-corrected chi connectivity index (χ4v) is 4.10. The van der Waals surface area contributed by atoms with Gasteiger partial charge in [-0.1, -0.05) is 55.5 Å². The van der Waals surface area contributed by atoms with Gasteiger partial charge in [-0.15, -0.1) is 0 Å². The fourth-order valence-electron chi connectivity index (χ4n) is 4.10. The van der Waals surface area contributed by atoms with E-state index in [9.17, 15) is 18.8 Å². The lowest BCUT2D eigenvalue weighted by atomic mass is 9.98. The molecule has 0 heterocycles. The molecule has 2 amide bonds. The number of aliphatic carboxylic acids is 1. The molecule has 8 heteroatoms. The summed E-state index contributed by atoms with van der Waals surface area (Å²) in [5.74, 6) is -3.06. The number of nitrogens with one attached hydrogen (secondary N) is 2. The third kappa shape index (κ3) is 4.61. The minimum Gasteiger partial charge on any atom is -0.480 e. The van der Waals surface area contributed by atoms with E-state index in [1.54, 1.807) is 6.92 Å². The number of carbonyl (C=O) groups excluding carboxylic acids is 2. The van der Waals surface area contributed by atoms with Crippen LogP contribution in [0.15, 0.2) is 66.7 Å². The molecule has 3 N–H and O–H groups in total. The maximum Gasteiger partial charge on any atom is 0.411 e. The lowest BCUT2D eigenvalue weighted by Gasteiger charge is -2.15. The molecule has 3 aromatic rings. The number of benzene rings is 3. The predicted molar refractivity (Wildman–Crippen MR) is 124 cm³/mol. The molecule has 7 nitrogen and oxygen atoms in total. The summed E-state index contributed by atoms with van der Waals surface area (Å²) in [6, 6.07) is 18.2. The van der Waals surface area contributed by atoms with Crippen molar-refractivity contribution in [3.63, 3.8) is 0 Å². The zero-order valence-electron chi connectivity index (χ0n) is 18.4. The number of amides is 2. The summed E-state index contributed by atoms with van der Waals surface area (Å²) >= 11 is 0. The first-order valence-electron chi connectivity index (χ1n) is 10.8. The molecule has 0 spiro atoms. The monoisotopic (exact) mass is 462 g/mol. The Morgan fingerprint density at radius 1 is 1.00 bits per heavy atom. The highest BCUT2D eigenvalue weighted by molar-refractivity contribution is 5.98. The molecular formula is C26H23FN2O5. The minimum absolute atomic E-state index is 0.102. The minimum atomic E-state index is -1.22. The van der Waals surface area contributed by atoms with Crippen LogP contribution in [0.4, 0.5) is 14.9 Å². The number of carboxylic acids is 1. The van der Waals surface area contributed by atoms with E-state index >= 15 is 0 Å². The molecule has 1 aliphatic rings. The smallest absolute Gasteiger partial charge is 0.411 e. The van der Waals surface area contributed by atoms with E-state index in [2.05, 4.69) is 10.6 Å². The van der Waals surface area contributed by atoms with Crippen molar-refractivity contribution in [1.82, 2.24) is 5.32 Å². The third-order valence-electron chi connectivity index (χ3n) is 5.81. The Morgan fingerprint density at radius 2 is 1.62 bits per heavy atom. The quantitative estimate of drug-likeness (QED) is 0.469. The Balaban J connectivity index is 1.44. The van der Waals surface area contributed by atoms with Crippen molar-refractivity contribution in [2.75, 3.05) is 11.9 Å². The molecular weight excluding hydrogens is 439 g/mol. The van der Waals surface area contributed by atoms with Gasteiger partial charge in [0, 0.05) is 11.6 Å². The van der Waals surface area contributed by atoms with Crippen molar-refractivity contribution in [3.8, 4) is 11.1 Å². The molecule has 174 valence electrons. The molecule has 0 bridgehead atoms. The first-order valence-corrected chi connectivity index (χ1v) is 10.8. The van der Waals surface area contributed by atoms with Crippen LogP contribution in [-0.2, 0) is 9.53 Å². The average Bonchev–Trinajstić information content (AvgIpc) is 3.15. The lowest BCUT2D eigenvalue weighted by Crippen LogP contribution is -2.40. The molecule has 34 heavy (non-hydrogen) atoms. The highest BCUT2D eigenvalue weighted by Gasteiger charge is 2.29. The largest absolute Gasteiger partial charge is 0.480 e. The van der Waals surface area contributed by atoms with Gasteiger partial charge in [-0.2, -0.15) is 0 Å². The number of rotatable bonds is 7. The molecule has 1 aliphatic carbocycles. The van der Waals surface area contributed by atoms with Gasteiger partial charge in [-0.25, -0.2) is 14.0 Å². The van der Waals surface area contributed by atoms with Gasteiger partial charge in [0.1, 0.15) is 18.5 Å². The summed E-state index contributed by atoms with van der Waals surface area (Å²) in [6.07, 6.45) is -0.614. The van der Waals surface area contributed by atoms with Gasteiger partial charge in [0.05, 0.1) is 5.56 Å². The van der Waals surface area contributed by atoms with Gasteiger partial charge in [-0.05, 0) is 46.9 Å². The Morgan fingerprint density at radius 3 is 2.21 bits per heavy atom. The van der Waals surface area contributed by atoms with Crippen LogP contribution in [0.2, 0.25) is 0 Å². The fraction of sp³-hybridized carbons (Fsp3) is 0.192. The molecule has 0 aliphatic heterocycles. The molecule has 0 radical (unpaired) electrons. The summed E-state index contributed by atoms with van der Waals surface area (Å²) in [7, 11) is 0. The SMILES string of the molecule is CC[C@H](NC(=O)c1cc(NC(=O)OCC2c3ccccc3-c3ccccc32)ccc1F)C(=O)O. The van der Waals surface area contributed by atoms with Crippen molar-refractivity contribution < 1.29 is 28.6 Å². The van der Waals surface area contributed by atoms with E-state index in [1.807, 2.05) is 48.5 Å². The summed E-state index contributed by atoms with van der Waals surface area (Å²) in [5, 5.41) is 13.9. The molecule has 0 aromatic heterocycles. The maximum atomic E-state index is 14.2. The number of hydrogen-bond acceptors (Lipinski definition) is 4. The van der Waals surface area contributed by atoms with E-state index in [-0.39, 0.29) is 30.2 Å². The molecule has 3 aromatic carbocycles. The summed E-state index contributed by atoms with van der Waals surface area (Å²) in [4.78, 5) is 36.0. The van der Waals surface area contributed by atoms with Crippen LogP contribution in [0.1, 0.15) is 40.7 Å². The summed E-state index contributed by atoms with van der Waals surface area (Å²) in [6.45, 7) is 1.69. The van der Waals surface area contributed by atoms with Gasteiger partial charge < -0.3 is 15.2 Å². The summed E-state index contributed by atoms with van der Waals surface area (Å²) < 4.78 is 19.7. The molecule has 0 saturated carbocycles. The van der Waals surface area contributed by atoms with Gasteiger partial charge in [0.15, 0.2) is 0 Å². The van der Waals surface area contributed by atoms with Crippen LogP contribution < -0.4 is 10.6 Å². The Hall–Kier alpha value is -4.20. The average molecular weight is 462 g/mol. The van der Waals surface area contributed by atoms with Gasteiger partial charge >= 0.3 is 12.1 Å². The van der Waals surface area contributed by atoms with Crippen molar-refractivity contribution in [2.45, 2.75) is 25.3 Å². The number of halogens is 1. The topological polar surface area (TPSA) is 105 Å². The molecule has 0 fully saturated rings. The van der Waals surface area contributed by atoms with E-state index in [0.29, 0.717) is 0 Å². The van der Waals surface area contributed by atoms with Crippen molar-refractivity contribution in [3.05, 3.63) is 89.2 Å². The van der Waals surface area contributed by atoms with Crippen molar-refractivity contribution in [2.24, 2.45) is 0 Å². The first kappa shape index (κ1) is 23.0. The highest BCUT2D eigenvalue weighted by Crippen LogP contribution is 2.44. The van der Waals surface area contributed by atoms with E-state index < -0.39 is 29.8 Å². The van der Waals surface area contributed by atoms with E-state index in [4.69, 9.17) is 9.84 Å². The van der Waals surface area contributed by atoms with Crippen LogP contribution in [-0.4, -0.2) is 35.7 Å². The second kappa shape index (κ2) is 9.74. The Labute approximate surface area is 195 Å². The van der Waals surface area contributed by atoms with E-state index in [0.717, 1.165) is 34.4 Å². The van der Waals surface area contributed by atoms with Crippen molar-refractivity contribution in [1.29, 1.82) is 0 Å². The summed E-state index contributed by atoms with van der Waals surface area (Å²) in [5.41, 5.74) is 4.12. The van der Waals surface area contributed by atoms with Crippen LogP contribution in [0.5, 0.6) is 0 Å². The first-order chi connectivity index (χ1) is 16.4. The van der Waals surface area contributed by atoms with Crippen LogP contribution in [0.25, 0.3) is 11.1 Å². The number of fused-ring (bicyclic) bond motifs is 3. The zero-order valence-corrected chi connectivity index (χ0v) is 18.4. The number of carbonyl (C=O) groups is 3. The predicted octanol–water partition coefficient (Wildman–Crippen LogP) is 4.78.